The number of nitrogens with one attached hydrogen (secondary N) is 1. The maximum absolute atomic E-state index is 13.5. The standard InChI is InChI=1S/C16H22FN/c17-14-6-4-5-13(11-14)16(9-2-1-3-10-16)12-18-15-7-8-15/h4-6,11,15,18H,1-3,7-10,12H2. The van der Waals surface area contributed by atoms with Crippen LogP contribution < -0.4 is 5.32 Å². The zero-order valence-electron chi connectivity index (χ0n) is 10.9. The Morgan fingerprint density at radius 2 is 1.94 bits per heavy atom. The second-order valence-electron chi connectivity index (χ2n) is 6.01. The Hall–Kier alpha value is -0.890. The van der Waals surface area contributed by atoms with Crippen LogP contribution in [0.5, 0.6) is 0 Å². The first-order chi connectivity index (χ1) is 8.78. The fourth-order valence-corrected chi connectivity index (χ4v) is 3.24. The van der Waals surface area contributed by atoms with E-state index >= 15 is 0 Å². The molecule has 1 nitrogen and oxygen atoms in total. The molecule has 0 saturated heterocycles. The first-order valence-corrected chi connectivity index (χ1v) is 7.28. The molecule has 18 heavy (non-hydrogen) atoms. The molecule has 2 aliphatic carbocycles. The van der Waals surface area contributed by atoms with Gasteiger partial charge in [-0.25, -0.2) is 4.39 Å². The van der Waals surface area contributed by atoms with Crippen LogP contribution in [-0.4, -0.2) is 12.6 Å². The average molecular weight is 247 g/mol. The highest BCUT2D eigenvalue weighted by atomic mass is 19.1. The van der Waals surface area contributed by atoms with Gasteiger partial charge < -0.3 is 5.32 Å². The van der Waals surface area contributed by atoms with Crippen molar-refractivity contribution in [3.05, 3.63) is 35.6 Å². The molecule has 1 aromatic carbocycles. The van der Waals surface area contributed by atoms with Gasteiger partial charge in [-0.3, -0.25) is 0 Å². The smallest absolute Gasteiger partial charge is 0.123 e. The predicted molar refractivity (Wildman–Crippen MR) is 72.2 cm³/mol. The summed E-state index contributed by atoms with van der Waals surface area (Å²) in [5.41, 5.74) is 1.39. The van der Waals surface area contributed by atoms with E-state index in [-0.39, 0.29) is 11.2 Å². The molecule has 0 aliphatic heterocycles. The van der Waals surface area contributed by atoms with Crippen LogP contribution in [-0.2, 0) is 5.41 Å². The number of halogens is 1. The van der Waals surface area contributed by atoms with E-state index in [4.69, 9.17) is 0 Å². The Kier molecular flexibility index (Phi) is 3.38. The number of benzene rings is 1. The van der Waals surface area contributed by atoms with E-state index in [1.165, 1.54) is 50.5 Å². The molecule has 1 N–H and O–H groups in total. The minimum absolute atomic E-state index is 0.0936. The third-order valence-corrected chi connectivity index (χ3v) is 4.55. The second-order valence-corrected chi connectivity index (χ2v) is 6.01. The van der Waals surface area contributed by atoms with Crippen LogP contribution in [0.2, 0.25) is 0 Å². The summed E-state index contributed by atoms with van der Waals surface area (Å²) in [6.07, 6.45) is 8.94. The van der Waals surface area contributed by atoms with Gasteiger partial charge in [0.05, 0.1) is 0 Å². The van der Waals surface area contributed by atoms with E-state index in [9.17, 15) is 4.39 Å². The lowest BCUT2D eigenvalue weighted by molar-refractivity contribution is 0.278. The summed E-state index contributed by atoms with van der Waals surface area (Å²) in [4.78, 5) is 0. The number of hydrogen-bond donors (Lipinski definition) is 1. The maximum atomic E-state index is 13.5. The molecule has 2 aliphatic rings. The summed E-state index contributed by atoms with van der Waals surface area (Å²) in [7, 11) is 0. The Morgan fingerprint density at radius 3 is 2.61 bits per heavy atom. The first kappa shape index (κ1) is 12.2. The highest BCUT2D eigenvalue weighted by Crippen LogP contribution is 2.39. The van der Waals surface area contributed by atoms with Crippen LogP contribution in [0.1, 0.15) is 50.5 Å². The van der Waals surface area contributed by atoms with Crippen LogP contribution in [0.15, 0.2) is 24.3 Å². The SMILES string of the molecule is Fc1cccc(C2(CNC3CC3)CCCCC2)c1. The topological polar surface area (TPSA) is 12.0 Å². The van der Waals surface area contributed by atoms with Gasteiger partial charge >= 0.3 is 0 Å². The van der Waals surface area contributed by atoms with E-state index in [0.29, 0.717) is 0 Å². The largest absolute Gasteiger partial charge is 0.313 e. The molecule has 0 aromatic heterocycles. The van der Waals surface area contributed by atoms with Gasteiger partial charge in [0, 0.05) is 18.0 Å². The molecule has 0 unspecified atom stereocenters. The monoisotopic (exact) mass is 247 g/mol. The molecule has 2 saturated carbocycles. The van der Waals surface area contributed by atoms with Crippen molar-refractivity contribution in [2.75, 3.05) is 6.54 Å². The van der Waals surface area contributed by atoms with E-state index in [1.54, 1.807) is 12.1 Å². The van der Waals surface area contributed by atoms with Crippen LogP contribution in [0, 0.1) is 5.82 Å². The third kappa shape index (κ3) is 2.59. The van der Waals surface area contributed by atoms with Crippen molar-refractivity contribution in [3.63, 3.8) is 0 Å². The Morgan fingerprint density at radius 1 is 1.17 bits per heavy atom. The summed E-state index contributed by atoms with van der Waals surface area (Å²) in [5.74, 6) is -0.0936. The van der Waals surface area contributed by atoms with E-state index in [1.807, 2.05) is 6.07 Å². The lowest BCUT2D eigenvalue weighted by Gasteiger charge is -2.38. The zero-order chi connectivity index (χ0) is 12.4. The van der Waals surface area contributed by atoms with Crippen molar-refractivity contribution < 1.29 is 4.39 Å². The molecule has 0 radical (unpaired) electrons. The van der Waals surface area contributed by atoms with Crippen molar-refractivity contribution in [2.45, 2.75) is 56.4 Å². The van der Waals surface area contributed by atoms with Gasteiger partial charge in [-0.15, -0.1) is 0 Å². The van der Waals surface area contributed by atoms with Gasteiger partial charge in [0.1, 0.15) is 5.82 Å². The molecule has 3 rings (SSSR count). The molecule has 1 aromatic rings. The second kappa shape index (κ2) is 5.00. The molecular formula is C16H22FN. The number of rotatable bonds is 4. The molecular weight excluding hydrogens is 225 g/mol. The molecule has 0 spiro atoms. The molecule has 0 amide bonds. The van der Waals surface area contributed by atoms with Crippen molar-refractivity contribution in [2.24, 2.45) is 0 Å². The fourth-order valence-electron chi connectivity index (χ4n) is 3.24. The van der Waals surface area contributed by atoms with Crippen molar-refractivity contribution >= 4 is 0 Å². The highest BCUT2D eigenvalue weighted by molar-refractivity contribution is 5.27. The predicted octanol–water partition coefficient (Wildman–Crippen LogP) is 3.78. The van der Waals surface area contributed by atoms with Gasteiger partial charge in [-0.2, -0.15) is 0 Å². The normalized spacial score (nSPS) is 22.9. The van der Waals surface area contributed by atoms with Crippen molar-refractivity contribution in [3.8, 4) is 0 Å². The molecule has 2 heteroatoms. The Labute approximate surface area is 109 Å². The third-order valence-electron chi connectivity index (χ3n) is 4.55. The fraction of sp³-hybridized carbons (Fsp3) is 0.625. The van der Waals surface area contributed by atoms with Crippen molar-refractivity contribution in [1.82, 2.24) is 5.32 Å². The molecule has 0 heterocycles. The van der Waals surface area contributed by atoms with Gasteiger partial charge in [0.2, 0.25) is 0 Å². The summed E-state index contributed by atoms with van der Waals surface area (Å²) in [6.45, 7) is 1.03. The minimum atomic E-state index is -0.0936. The highest BCUT2D eigenvalue weighted by Gasteiger charge is 2.35. The molecule has 2 fully saturated rings. The van der Waals surface area contributed by atoms with Gasteiger partial charge in [0.15, 0.2) is 0 Å². The summed E-state index contributed by atoms with van der Waals surface area (Å²) in [6, 6.07) is 8.01. The summed E-state index contributed by atoms with van der Waals surface area (Å²) in [5, 5.41) is 3.66. The minimum Gasteiger partial charge on any atom is -0.313 e. The van der Waals surface area contributed by atoms with Gasteiger partial charge in [-0.1, -0.05) is 31.4 Å². The van der Waals surface area contributed by atoms with Gasteiger partial charge in [0.25, 0.3) is 0 Å². The van der Waals surface area contributed by atoms with Crippen LogP contribution in [0.4, 0.5) is 4.39 Å². The van der Waals surface area contributed by atoms with Crippen LogP contribution >= 0.6 is 0 Å². The Balaban J connectivity index is 1.82. The van der Waals surface area contributed by atoms with Crippen LogP contribution in [0.3, 0.4) is 0 Å². The number of hydrogen-bond acceptors (Lipinski definition) is 1. The van der Waals surface area contributed by atoms with E-state index in [2.05, 4.69) is 11.4 Å². The lowest BCUT2D eigenvalue weighted by Crippen LogP contribution is -2.40. The van der Waals surface area contributed by atoms with E-state index in [0.717, 1.165) is 12.6 Å². The van der Waals surface area contributed by atoms with Crippen LogP contribution in [0.25, 0.3) is 0 Å². The maximum Gasteiger partial charge on any atom is 0.123 e. The molecule has 98 valence electrons. The summed E-state index contributed by atoms with van der Waals surface area (Å²) >= 11 is 0. The van der Waals surface area contributed by atoms with Crippen molar-refractivity contribution in [1.29, 1.82) is 0 Å². The van der Waals surface area contributed by atoms with Gasteiger partial charge in [-0.05, 0) is 43.4 Å². The van der Waals surface area contributed by atoms with E-state index < -0.39 is 0 Å². The average Bonchev–Trinajstić information content (AvgIpc) is 3.22. The Bertz CT molecular complexity index is 405. The molecule has 0 atom stereocenters. The first-order valence-electron chi connectivity index (χ1n) is 7.28. The quantitative estimate of drug-likeness (QED) is 0.853. The molecule has 0 bridgehead atoms. The zero-order valence-corrected chi connectivity index (χ0v) is 10.9. The lowest BCUT2D eigenvalue weighted by atomic mass is 9.69. The summed E-state index contributed by atoms with van der Waals surface area (Å²) < 4.78 is 13.5.